The molecular weight excluding hydrogens is 564 g/mol. The van der Waals surface area contributed by atoms with Crippen LogP contribution in [0.15, 0.2) is 22.8 Å². The fourth-order valence-electron chi connectivity index (χ4n) is 8.16. The highest BCUT2D eigenvalue weighted by Crippen LogP contribution is 2.58. The van der Waals surface area contributed by atoms with E-state index in [1.165, 1.54) is 7.11 Å². The largest absolute Gasteiger partial charge is 0.504 e. The van der Waals surface area contributed by atoms with Crippen LogP contribution in [-0.2, 0) is 19.4 Å². The van der Waals surface area contributed by atoms with Gasteiger partial charge in [0.1, 0.15) is 23.3 Å². The van der Waals surface area contributed by atoms with E-state index in [0.29, 0.717) is 60.1 Å². The molecule has 0 radical (unpaired) electrons. The highest BCUT2D eigenvalue weighted by Gasteiger charge is 2.57. The minimum Gasteiger partial charge on any atom is -0.504 e. The van der Waals surface area contributed by atoms with Crippen LogP contribution in [0, 0.1) is 25.2 Å². The summed E-state index contributed by atoms with van der Waals surface area (Å²) in [6.07, 6.45) is 2.59. The van der Waals surface area contributed by atoms with Crippen molar-refractivity contribution in [1.29, 1.82) is 5.26 Å². The van der Waals surface area contributed by atoms with Crippen molar-refractivity contribution in [3.63, 3.8) is 0 Å². The summed E-state index contributed by atoms with van der Waals surface area (Å²) in [6.45, 7) is 4.63. The third-order valence-corrected chi connectivity index (χ3v) is 9.88. The minimum atomic E-state index is -0.537. The zero-order valence-electron chi connectivity index (χ0n) is 26.2. The van der Waals surface area contributed by atoms with Gasteiger partial charge in [-0.2, -0.15) is 5.26 Å². The molecule has 0 spiro atoms. The molecule has 3 N–H and O–H groups in total. The quantitative estimate of drug-likeness (QED) is 0.346. The number of nitrogens with one attached hydrogen (secondary N) is 1. The first kappa shape index (κ1) is 29.9. The van der Waals surface area contributed by atoms with Crippen molar-refractivity contribution in [3.05, 3.63) is 57.5 Å². The molecule has 3 aromatic rings. The van der Waals surface area contributed by atoms with Crippen molar-refractivity contribution in [2.75, 3.05) is 42.0 Å². The van der Waals surface area contributed by atoms with Crippen molar-refractivity contribution in [3.8, 4) is 40.6 Å². The van der Waals surface area contributed by atoms with E-state index in [1.807, 2.05) is 33.0 Å². The molecular formula is C33H40N4O7. The predicted molar refractivity (Wildman–Crippen MR) is 162 cm³/mol. The van der Waals surface area contributed by atoms with E-state index in [4.69, 9.17) is 23.4 Å². The van der Waals surface area contributed by atoms with Gasteiger partial charge in [-0.05, 0) is 45.9 Å². The zero-order valence-corrected chi connectivity index (χ0v) is 26.2. The lowest BCUT2D eigenvalue weighted by atomic mass is 9.71. The number of ether oxygens (including phenoxy) is 4. The standard InChI is InChI=1S/C33H40N4O7/c1-16-30(40-4)19-12-22-27-26-20(31(41-5)17(2)33(43-7)29(26)39)11-21(36(27)3)23(13-34)37(22)24(25(19)28(38)32(16)42-6)15-35-14-18-9-8-10-44-18/h8-10,21-24,27,35,38-39H,11-12,14-15H2,1-7H3/t21-,22-,23-,24-,27-/m0/s1. The average Bonchev–Trinajstić information content (AvgIpc) is 3.52. The number of piperazine rings is 1. The molecule has 11 nitrogen and oxygen atoms in total. The maximum absolute atomic E-state index is 11.7. The van der Waals surface area contributed by atoms with Crippen LogP contribution in [0.4, 0.5) is 0 Å². The first-order valence-electron chi connectivity index (χ1n) is 14.8. The molecule has 0 aliphatic carbocycles. The van der Waals surface area contributed by atoms with Gasteiger partial charge in [0.25, 0.3) is 0 Å². The second-order valence-electron chi connectivity index (χ2n) is 11.8. The fraction of sp³-hybridized carbons (Fsp3) is 0.485. The SMILES string of the molecule is COc1c(C)c(OC)c2c(c1O)[C@@H]1[C@@H]3Cc4c(OC)c(C)c(OC)c(O)c4[C@H](CNCc4ccco4)N3[C@@H](C#N)[C@H](C2)N1C. The molecule has 11 heteroatoms. The van der Waals surface area contributed by atoms with E-state index in [-0.39, 0.29) is 29.6 Å². The summed E-state index contributed by atoms with van der Waals surface area (Å²) < 4.78 is 28.8. The molecule has 1 fully saturated rings. The number of phenols is 2. The first-order chi connectivity index (χ1) is 21.2. The first-order valence-corrected chi connectivity index (χ1v) is 14.8. The molecule has 0 saturated carbocycles. The Kier molecular flexibility index (Phi) is 7.78. The second kappa shape index (κ2) is 11.4. The van der Waals surface area contributed by atoms with Crippen LogP contribution in [0.2, 0.25) is 0 Å². The summed E-state index contributed by atoms with van der Waals surface area (Å²) in [5, 5.41) is 37.8. The Morgan fingerprint density at radius 3 is 2.02 bits per heavy atom. The van der Waals surface area contributed by atoms with Gasteiger partial charge in [0.05, 0.1) is 59.4 Å². The maximum Gasteiger partial charge on any atom is 0.167 e. The Morgan fingerprint density at radius 1 is 0.909 bits per heavy atom. The van der Waals surface area contributed by atoms with Crippen LogP contribution in [0.5, 0.6) is 34.5 Å². The normalized spacial score (nSPS) is 24.1. The zero-order chi connectivity index (χ0) is 31.4. The molecule has 3 aliphatic heterocycles. The van der Waals surface area contributed by atoms with Gasteiger partial charge in [-0.15, -0.1) is 0 Å². The third kappa shape index (κ3) is 4.19. The van der Waals surface area contributed by atoms with Gasteiger partial charge in [-0.3, -0.25) is 9.80 Å². The minimum absolute atomic E-state index is 0.0482. The Balaban J connectivity index is 1.58. The molecule has 0 amide bonds. The molecule has 5 atom stereocenters. The molecule has 3 aliphatic rings. The summed E-state index contributed by atoms with van der Waals surface area (Å²) >= 11 is 0. The molecule has 44 heavy (non-hydrogen) atoms. The van der Waals surface area contributed by atoms with Gasteiger partial charge in [0.15, 0.2) is 23.0 Å². The Labute approximate surface area is 257 Å². The van der Waals surface area contributed by atoms with E-state index in [1.54, 1.807) is 27.6 Å². The van der Waals surface area contributed by atoms with Crippen LogP contribution in [0.1, 0.15) is 51.2 Å². The van der Waals surface area contributed by atoms with Crippen molar-refractivity contribution in [1.82, 2.24) is 15.1 Å². The van der Waals surface area contributed by atoms with Crippen molar-refractivity contribution < 1.29 is 33.6 Å². The molecule has 1 aromatic heterocycles. The van der Waals surface area contributed by atoms with Gasteiger partial charge >= 0.3 is 0 Å². The number of nitrogens with zero attached hydrogens (tertiary/aromatic N) is 3. The van der Waals surface area contributed by atoms with Gasteiger partial charge < -0.3 is 38.9 Å². The van der Waals surface area contributed by atoms with Gasteiger partial charge in [-0.1, -0.05) is 0 Å². The van der Waals surface area contributed by atoms with Gasteiger partial charge in [0.2, 0.25) is 0 Å². The smallest absolute Gasteiger partial charge is 0.167 e. The average molecular weight is 605 g/mol. The number of phenolic OH excluding ortho intramolecular Hbond substituents is 2. The number of hydrogen-bond acceptors (Lipinski definition) is 11. The highest BCUT2D eigenvalue weighted by atomic mass is 16.5. The molecule has 0 unspecified atom stereocenters. The number of furan rings is 1. The molecule has 1 saturated heterocycles. The lowest BCUT2D eigenvalue weighted by Crippen LogP contribution is -2.68. The number of aromatic hydroxyl groups is 2. The second-order valence-corrected chi connectivity index (χ2v) is 11.8. The van der Waals surface area contributed by atoms with E-state index in [0.717, 1.165) is 28.0 Å². The number of nitriles is 1. The van der Waals surface area contributed by atoms with E-state index >= 15 is 0 Å². The van der Waals surface area contributed by atoms with Crippen molar-refractivity contribution in [2.45, 2.75) is 63.4 Å². The van der Waals surface area contributed by atoms with Crippen LogP contribution in [-0.4, -0.2) is 80.2 Å². The van der Waals surface area contributed by atoms with E-state index in [9.17, 15) is 15.5 Å². The predicted octanol–water partition coefficient (Wildman–Crippen LogP) is 3.90. The Morgan fingerprint density at radius 2 is 1.48 bits per heavy atom. The summed E-state index contributed by atoms with van der Waals surface area (Å²) in [4.78, 5) is 4.44. The number of rotatable bonds is 8. The third-order valence-electron chi connectivity index (χ3n) is 9.88. The number of methoxy groups -OCH3 is 4. The van der Waals surface area contributed by atoms with Crippen LogP contribution in [0.25, 0.3) is 0 Å². The molecule has 234 valence electrons. The summed E-state index contributed by atoms with van der Waals surface area (Å²) in [5.41, 5.74) is 4.60. The van der Waals surface area contributed by atoms with Gasteiger partial charge in [-0.25, -0.2) is 0 Å². The molecule has 4 heterocycles. The Hall–Kier alpha value is -4.11. The van der Waals surface area contributed by atoms with Crippen LogP contribution in [0.3, 0.4) is 0 Å². The fourth-order valence-corrected chi connectivity index (χ4v) is 8.16. The summed E-state index contributed by atoms with van der Waals surface area (Å²) in [5.74, 6) is 2.96. The Bertz CT molecular complexity index is 1620. The monoisotopic (exact) mass is 604 g/mol. The van der Waals surface area contributed by atoms with E-state index in [2.05, 4.69) is 21.2 Å². The summed E-state index contributed by atoms with van der Waals surface area (Å²) in [6, 6.07) is 4.61. The summed E-state index contributed by atoms with van der Waals surface area (Å²) in [7, 11) is 8.35. The molecule has 6 rings (SSSR count). The van der Waals surface area contributed by atoms with E-state index < -0.39 is 12.1 Å². The topological polar surface area (TPSA) is 133 Å². The molecule has 2 aromatic carbocycles. The van der Waals surface area contributed by atoms with Gasteiger partial charge in [0, 0.05) is 52.0 Å². The lowest BCUT2D eigenvalue weighted by Gasteiger charge is -2.60. The van der Waals surface area contributed by atoms with Crippen molar-refractivity contribution in [2.24, 2.45) is 0 Å². The number of fused-ring (bicyclic) bond motifs is 7. The lowest BCUT2D eigenvalue weighted by molar-refractivity contribution is -0.0729. The maximum atomic E-state index is 11.7. The number of hydrogen-bond donors (Lipinski definition) is 3. The molecule has 2 bridgehead atoms. The van der Waals surface area contributed by atoms with Crippen LogP contribution >= 0.6 is 0 Å². The highest BCUT2D eigenvalue weighted by molar-refractivity contribution is 5.67. The number of likely N-dealkylation sites (N-methyl/N-ethyl adjacent to an activating group) is 1. The van der Waals surface area contributed by atoms with Crippen molar-refractivity contribution >= 4 is 0 Å². The van der Waals surface area contributed by atoms with Crippen LogP contribution < -0.4 is 24.3 Å². The number of benzene rings is 2.